The molecule has 3 atom stereocenters. The number of rotatable bonds is 6. The molecule has 0 bridgehead atoms. The maximum atomic E-state index is 13.5. The van der Waals surface area contributed by atoms with Crippen molar-refractivity contribution in [3.05, 3.63) is 85.7 Å². The lowest BCUT2D eigenvalue weighted by Gasteiger charge is -2.54. The molecule has 5 heterocycles. The zero-order valence-corrected chi connectivity index (χ0v) is 30.0. The Kier molecular flexibility index (Phi) is 9.12. The Morgan fingerprint density at radius 3 is 2.45 bits per heavy atom. The van der Waals surface area contributed by atoms with E-state index in [2.05, 4.69) is 78.8 Å². The number of imide groups is 1. The highest BCUT2D eigenvalue weighted by atomic mass is 79.9. The minimum Gasteiger partial charge on any atom is -0.379 e. The van der Waals surface area contributed by atoms with Crippen LogP contribution in [0.15, 0.2) is 57.9 Å². The summed E-state index contributed by atoms with van der Waals surface area (Å²) in [5, 5.41) is 10.2. The van der Waals surface area contributed by atoms with Gasteiger partial charge < -0.3 is 20.0 Å². The van der Waals surface area contributed by atoms with E-state index in [1.807, 2.05) is 24.0 Å². The number of hydrogen-bond donors (Lipinski definition) is 2. The average molecular weight is 731 g/mol. The summed E-state index contributed by atoms with van der Waals surface area (Å²) in [5.74, 6) is -0.257. The first-order valence-electron chi connectivity index (χ1n) is 17.2. The molecule has 2 N–H and O–H groups in total. The van der Waals surface area contributed by atoms with Gasteiger partial charge in [-0.15, -0.1) is 0 Å². The van der Waals surface area contributed by atoms with Gasteiger partial charge in [0.1, 0.15) is 4.47 Å². The van der Waals surface area contributed by atoms with Crippen molar-refractivity contribution in [3.8, 4) is 0 Å². The van der Waals surface area contributed by atoms with Gasteiger partial charge in [0, 0.05) is 75.4 Å². The number of carbonyl (C=O) groups excluding carboxylic acids is 3. The van der Waals surface area contributed by atoms with Crippen molar-refractivity contribution >= 4 is 45.0 Å². The third kappa shape index (κ3) is 6.77. The standard InChI is InChI=1S/C37H44BrN7O4/c1-23-16-28(8-9-29(23)30-10-11-32(46)41-34(30)47)44-14-12-37(13-15-44)21-45(22-37)35(48)25-6-4-24(5-7-25)26-17-27(20-42(2)19-26)40-31-18-39-43(3)36(49)33(31)38/h4-9,16,18,26-27,30,40H,10-15,17,19-22H2,1-3H3,(H,41,46,47)/t26-,27+,30?/m0/s1. The van der Waals surface area contributed by atoms with Crippen molar-refractivity contribution in [3.63, 3.8) is 0 Å². The Balaban J connectivity index is 0.916. The number of aromatic nitrogens is 2. The molecular formula is C37H44BrN7O4. The summed E-state index contributed by atoms with van der Waals surface area (Å²) in [4.78, 5) is 56.5. The Labute approximate surface area is 295 Å². The molecule has 2 aromatic carbocycles. The van der Waals surface area contributed by atoms with Gasteiger partial charge in [0.15, 0.2) is 0 Å². The second-order valence-corrected chi connectivity index (χ2v) is 15.4. The molecule has 0 radical (unpaired) electrons. The van der Waals surface area contributed by atoms with Crippen molar-refractivity contribution < 1.29 is 14.4 Å². The van der Waals surface area contributed by atoms with Crippen molar-refractivity contribution in [2.45, 2.75) is 56.9 Å². The fourth-order valence-electron chi connectivity index (χ4n) is 8.28. The van der Waals surface area contributed by atoms with Crippen molar-refractivity contribution in [1.82, 2.24) is 24.9 Å². The van der Waals surface area contributed by atoms with Crippen LogP contribution in [-0.4, -0.2) is 89.7 Å². The van der Waals surface area contributed by atoms with E-state index in [-0.39, 0.29) is 40.7 Å². The molecule has 49 heavy (non-hydrogen) atoms. The molecule has 3 aromatic rings. The van der Waals surface area contributed by atoms with Crippen LogP contribution in [0.5, 0.6) is 0 Å². The highest BCUT2D eigenvalue weighted by molar-refractivity contribution is 9.10. The molecule has 1 unspecified atom stereocenters. The molecule has 4 saturated heterocycles. The molecule has 3 amide bonds. The van der Waals surface area contributed by atoms with Crippen LogP contribution >= 0.6 is 15.9 Å². The van der Waals surface area contributed by atoms with Crippen LogP contribution in [0.25, 0.3) is 0 Å². The number of likely N-dealkylation sites (N-methyl/N-ethyl adjacent to an activating group) is 1. The van der Waals surface area contributed by atoms with Gasteiger partial charge in [-0.1, -0.05) is 18.2 Å². The molecule has 0 saturated carbocycles. The molecule has 4 aliphatic heterocycles. The van der Waals surface area contributed by atoms with Crippen molar-refractivity contribution in [2.24, 2.45) is 12.5 Å². The molecule has 7 rings (SSSR count). The second-order valence-electron chi connectivity index (χ2n) is 14.6. The molecule has 4 aliphatic rings. The van der Waals surface area contributed by atoms with Gasteiger partial charge in [0.05, 0.1) is 17.8 Å². The van der Waals surface area contributed by atoms with E-state index >= 15 is 0 Å². The van der Waals surface area contributed by atoms with Crippen LogP contribution in [-0.2, 0) is 16.6 Å². The zero-order valence-electron chi connectivity index (χ0n) is 28.4. The third-order valence-corrected chi connectivity index (χ3v) is 11.9. The average Bonchev–Trinajstić information content (AvgIpc) is 3.07. The highest BCUT2D eigenvalue weighted by Crippen LogP contribution is 2.42. The maximum Gasteiger partial charge on any atom is 0.282 e. The third-order valence-electron chi connectivity index (χ3n) is 11.1. The van der Waals surface area contributed by atoms with E-state index in [4.69, 9.17) is 0 Å². The van der Waals surface area contributed by atoms with Gasteiger partial charge in [-0.05, 0) is 102 Å². The molecule has 12 heteroatoms. The van der Waals surface area contributed by atoms with E-state index < -0.39 is 0 Å². The number of nitrogens with one attached hydrogen (secondary N) is 2. The SMILES string of the molecule is Cc1cc(N2CCC3(CC2)CN(C(=O)c2ccc([C@H]4C[C@@H](Nc5cnn(C)c(=O)c5Br)CN(C)C4)cc2)C3)ccc1C1CCC(=O)NC1=O. The molecule has 11 nitrogen and oxygen atoms in total. The van der Waals surface area contributed by atoms with Crippen LogP contribution in [0.3, 0.4) is 0 Å². The minimum atomic E-state index is -0.269. The summed E-state index contributed by atoms with van der Waals surface area (Å²) in [6.45, 7) is 7.30. The van der Waals surface area contributed by atoms with E-state index in [0.717, 1.165) is 80.9 Å². The lowest BCUT2D eigenvalue weighted by Crippen LogP contribution is -2.61. The summed E-state index contributed by atoms with van der Waals surface area (Å²) in [6.07, 6.45) is 5.62. The van der Waals surface area contributed by atoms with Crippen LogP contribution in [0.2, 0.25) is 0 Å². The fraction of sp³-hybridized carbons (Fsp3) is 0.486. The van der Waals surface area contributed by atoms with Crippen LogP contribution in [0.1, 0.15) is 71.0 Å². The number of nitrogens with zero attached hydrogens (tertiary/aromatic N) is 5. The maximum absolute atomic E-state index is 13.5. The minimum absolute atomic E-state index is 0.0996. The molecule has 1 aromatic heterocycles. The number of anilines is 2. The van der Waals surface area contributed by atoms with E-state index in [9.17, 15) is 19.2 Å². The van der Waals surface area contributed by atoms with Gasteiger partial charge in [0.2, 0.25) is 11.8 Å². The van der Waals surface area contributed by atoms with Crippen LogP contribution in [0.4, 0.5) is 11.4 Å². The lowest BCUT2D eigenvalue weighted by atomic mass is 9.71. The van der Waals surface area contributed by atoms with E-state index in [1.54, 1.807) is 13.2 Å². The number of benzene rings is 2. The van der Waals surface area contributed by atoms with Gasteiger partial charge in [-0.25, -0.2) is 4.68 Å². The second kappa shape index (κ2) is 13.4. The topological polar surface area (TPSA) is 120 Å². The summed E-state index contributed by atoms with van der Waals surface area (Å²) < 4.78 is 1.80. The summed E-state index contributed by atoms with van der Waals surface area (Å²) in [7, 11) is 3.75. The molecule has 258 valence electrons. The largest absolute Gasteiger partial charge is 0.379 e. The zero-order chi connectivity index (χ0) is 34.4. The number of carbonyl (C=O) groups is 3. The van der Waals surface area contributed by atoms with Crippen molar-refractivity contribution in [1.29, 1.82) is 0 Å². The fourth-order valence-corrected chi connectivity index (χ4v) is 8.75. The predicted octanol–water partition coefficient (Wildman–Crippen LogP) is 4.01. The number of halogens is 1. The van der Waals surface area contributed by atoms with Gasteiger partial charge >= 0.3 is 0 Å². The number of aryl methyl sites for hydroxylation is 2. The van der Waals surface area contributed by atoms with Crippen LogP contribution in [0, 0.1) is 12.3 Å². The van der Waals surface area contributed by atoms with Gasteiger partial charge in [-0.3, -0.25) is 24.5 Å². The van der Waals surface area contributed by atoms with Gasteiger partial charge in [0.25, 0.3) is 11.5 Å². The van der Waals surface area contributed by atoms with Crippen molar-refractivity contribution in [2.75, 3.05) is 56.5 Å². The van der Waals surface area contributed by atoms with E-state index in [1.165, 1.54) is 10.2 Å². The van der Waals surface area contributed by atoms with E-state index in [0.29, 0.717) is 28.9 Å². The summed E-state index contributed by atoms with van der Waals surface area (Å²) >= 11 is 3.43. The first-order chi connectivity index (χ1) is 23.5. The molecule has 4 fully saturated rings. The molecule has 0 aliphatic carbocycles. The van der Waals surface area contributed by atoms with Crippen LogP contribution < -0.4 is 21.1 Å². The monoisotopic (exact) mass is 729 g/mol. The highest BCUT2D eigenvalue weighted by Gasteiger charge is 2.47. The quantitative estimate of drug-likeness (QED) is 0.366. The number of likely N-dealkylation sites (tertiary alicyclic amines) is 2. The number of piperidine rings is 3. The first-order valence-corrected chi connectivity index (χ1v) is 18.0. The summed E-state index contributed by atoms with van der Waals surface area (Å²) in [5.41, 5.74) is 5.90. The lowest BCUT2D eigenvalue weighted by molar-refractivity contribution is -0.134. The Morgan fingerprint density at radius 1 is 1.02 bits per heavy atom. The number of hydrogen-bond acceptors (Lipinski definition) is 8. The smallest absolute Gasteiger partial charge is 0.282 e. The number of amides is 3. The first kappa shape index (κ1) is 33.5. The predicted molar refractivity (Wildman–Crippen MR) is 192 cm³/mol. The normalized spacial score (nSPS) is 24.0. The van der Waals surface area contributed by atoms with Gasteiger partial charge in [-0.2, -0.15) is 5.10 Å². The molecule has 1 spiro atoms. The summed E-state index contributed by atoms with van der Waals surface area (Å²) in [6, 6.07) is 14.6. The Morgan fingerprint density at radius 2 is 1.76 bits per heavy atom. The molecular weight excluding hydrogens is 686 g/mol. The Bertz CT molecular complexity index is 1830. The Hall–Kier alpha value is -4.03.